The minimum atomic E-state index is 0.295. The summed E-state index contributed by atoms with van der Waals surface area (Å²) in [6, 6.07) is 14.5. The molecule has 18 heavy (non-hydrogen) atoms. The van der Waals surface area contributed by atoms with Gasteiger partial charge in [0.25, 0.3) is 0 Å². The molecule has 1 fully saturated rings. The molecule has 2 heterocycles. The Kier molecular flexibility index (Phi) is 2.08. The zero-order valence-electron chi connectivity index (χ0n) is 9.85. The van der Waals surface area contributed by atoms with E-state index in [4.69, 9.17) is 9.47 Å². The van der Waals surface area contributed by atoms with E-state index in [1.165, 1.54) is 10.8 Å². The van der Waals surface area contributed by atoms with Crippen LogP contribution in [0, 0.1) is 0 Å². The lowest BCUT2D eigenvalue weighted by Gasteiger charge is -2.03. The summed E-state index contributed by atoms with van der Waals surface area (Å²) in [5, 5.41) is 2.44. The topological polar surface area (TPSA) is 37.5 Å². The predicted molar refractivity (Wildman–Crippen MR) is 71.0 cm³/mol. The first-order valence-electron chi connectivity index (χ1n) is 6.15. The smallest absolute Gasteiger partial charge is 0.120 e. The van der Waals surface area contributed by atoms with E-state index in [-0.39, 0.29) is 0 Å². The number of ether oxygens (including phenoxy) is 2. The van der Waals surface area contributed by atoms with Crippen LogP contribution in [-0.4, -0.2) is 24.3 Å². The average molecular weight is 239 g/mol. The molecule has 4 rings (SSSR count). The summed E-state index contributed by atoms with van der Waals surface area (Å²) in [5.74, 6) is 0.905. The van der Waals surface area contributed by atoms with Crippen molar-refractivity contribution in [2.75, 3.05) is 13.2 Å². The van der Waals surface area contributed by atoms with Gasteiger partial charge in [0.05, 0.1) is 6.61 Å². The average Bonchev–Trinajstić information content (AvgIpc) is 3.16. The number of rotatable bonds is 3. The number of nitrogens with one attached hydrogen (secondary N) is 1. The van der Waals surface area contributed by atoms with Gasteiger partial charge in [-0.25, -0.2) is 0 Å². The van der Waals surface area contributed by atoms with Crippen LogP contribution >= 0.6 is 0 Å². The van der Waals surface area contributed by atoms with Crippen molar-refractivity contribution >= 4 is 21.8 Å². The second-order valence-corrected chi connectivity index (χ2v) is 4.64. The molecule has 1 atom stereocenters. The third kappa shape index (κ3) is 1.64. The van der Waals surface area contributed by atoms with Gasteiger partial charge in [-0.2, -0.15) is 0 Å². The Morgan fingerprint density at radius 3 is 2.83 bits per heavy atom. The standard InChI is InChI=1S/C15H13NO2/c1-2-4-14-12(3-1)13-7-10(5-6-15(13)16-14)17-8-11-9-18-11/h1-7,11,16H,8-9H2/t11-/m1/s1. The van der Waals surface area contributed by atoms with Crippen LogP contribution < -0.4 is 4.74 Å². The quantitative estimate of drug-likeness (QED) is 0.713. The fourth-order valence-electron chi connectivity index (χ4n) is 2.27. The maximum atomic E-state index is 5.72. The maximum Gasteiger partial charge on any atom is 0.120 e. The number of hydrogen-bond acceptors (Lipinski definition) is 2. The number of benzene rings is 2. The van der Waals surface area contributed by atoms with Crippen molar-refractivity contribution in [3.63, 3.8) is 0 Å². The Morgan fingerprint density at radius 2 is 1.94 bits per heavy atom. The van der Waals surface area contributed by atoms with Crippen molar-refractivity contribution < 1.29 is 9.47 Å². The van der Waals surface area contributed by atoms with Gasteiger partial charge >= 0.3 is 0 Å². The molecule has 0 saturated carbocycles. The van der Waals surface area contributed by atoms with Crippen LogP contribution in [0.1, 0.15) is 0 Å². The molecule has 1 aliphatic heterocycles. The van der Waals surface area contributed by atoms with E-state index in [1.807, 2.05) is 12.1 Å². The predicted octanol–water partition coefficient (Wildman–Crippen LogP) is 3.10. The third-order valence-electron chi connectivity index (χ3n) is 3.32. The molecule has 90 valence electrons. The Morgan fingerprint density at radius 1 is 1.11 bits per heavy atom. The fourth-order valence-corrected chi connectivity index (χ4v) is 2.27. The summed E-state index contributed by atoms with van der Waals surface area (Å²) in [7, 11) is 0. The Labute approximate surface area is 104 Å². The molecule has 3 aromatic rings. The molecule has 2 aromatic carbocycles. The van der Waals surface area contributed by atoms with Crippen LogP contribution in [0.25, 0.3) is 21.8 Å². The molecular formula is C15H13NO2. The van der Waals surface area contributed by atoms with E-state index < -0.39 is 0 Å². The molecule has 0 spiro atoms. The fraction of sp³-hybridized carbons (Fsp3) is 0.200. The number of para-hydroxylation sites is 1. The molecule has 0 aliphatic carbocycles. The first-order valence-corrected chi connectivity index (χ1v) is 6.15. The zero-order valence-corrected chi connectivity index (χ0v) is 9.85. The van der Waals surface area contributed by atoms with Gasteiger partial charge in [-0.1, -0.05) is 18.2 Å². The van der Waals surface area contributed by atoms with Gasteiger partial charge in [0, 0.05) is 21.8 Å². The van der Waals surface area contributed by atoms with Crippen LogP contribution in [0.5, 0.6) is 5.75 Å². The van der Waals surface area contributed by atoms with E-state index in [1.54, 1.807) is 0 Å². The highest BCUT2D eigenvalue weighted by atomic mass is 16.6. The van der Waals surface area contributed by atoms with Gasteiger partial charge in [-0.15, -0.1) is 0 Å². The van der Waals surface area contributed by atoms with Gasteiger partial charge in [-0.3, -0.25) is 0 Å². The van der Waals surface area contributed by atoms with Gasteiger partial charge in [-0.05, 0) is 24.3 Å². The Balaban J connectivity index is 1.79. The highest BCUT2D eigenvalue weighted by molar-refractivity contribution is 6.07. The van der Waals surface area contributed by atoms with E-state index in [0.717, 1.165) is 23.4 Å². The lowest BCUT2D eigenvalue weighted by Crippen LogP contribution is -2.03. The second-order valence-electron chi connectivity index (χ2n) is 4.64. The van der Waals surface area contributed by atoms with Crippen molar-refractivity contribution in [1.29, 1.82) is 0 Å². The summed E-state index contributed by atoms with van der Waals surface area (Å²) in [6.45, 7) is 1.48. The van der Waals surface area contributed by atoms with Crippen molar-refractivity contribution in [3.05, 3.63) is 42.5 Å². The zero-order chi connectivity index (χ0) is 11.9. The second kappa shape index (κ2) is 3.75. The number of aromatic amines is 1. The molecular weight excluding hydrogens is 226 g/mol. The van der Waals surface area contributed by atoms with E-state index in [9.17, 15) is 0 Å². The summed E-state index contributed by atoms with van der Waals surface area (Å²) >= 11 is 0. The first-order chi connectivity index (χ1) is 8.90. The molecule has 0 bridgehead atoms. The molecule has 1 aliphatic rings. The number of aromatic nitrogens is 1. The van der Waals surface area contributed by atoms with Gasteiger partial charge < -0.3 is 14.5 Å². The molecule has 0 unspecified atom stereocenters. The largest absolute Gasteiger partial charge is 0.491 e. The molecule has 3 nitrogen and oxygen atoms in total. The Hall–Kier alpha value is -2.00. The normalized spacial score (nSPS) is 18.3. The van der Waals surface area contributed by atoms with Gasteiger partial charge in [0.2, 0.25) is 0 Å². The summed E-state index contributed by atoms with van der Waals surface area (Å²) in [4.78, 5) is 3.40. The highest BCUT2D eigenvalue weighted by Gasteiger charge is 2.23. The lowest BCUT2D eigenvalue weighted by atomic mass is 10.1. The minimum Gasteiger partial charge on any atom is -0.491 e. The first kappa shape index (κ1) is 9.97. The molecule has 1 saturated heterocycles. The van der Waals surface area contributed by atoms with Gasteiger partial charge in [0.1, 0.15) is 18.5 Å². The van der Waals surface area contributed by atoms with Gasteiger partial charge in [0.15, 0.2) is 0 Å². The van der Waals surface area contributed by atoms with Crippen molar-refractivity contribution in [3.8, 4) is 5.75 Å². The lowest BCUT2D eigenvalue weighted by molar-refractivity contribution is 0.263. The summed E-state index contributed by atoms with van der Waals surface area (Å²) in [6.07, 6.45) is 0.295. The number of H-pyrrole nitrogens is 1. The molecule has 0 amide bonds. The van der Waals surface area contributed by atoms with Crippen LogP contribution in [0.3, 0.4) is 0 Å². The van der Waals surface area contributed by atoms with E-state index >= 15 is 0 Å². The van der Waals surface area contributed by atoms with E-state index in [2.05, 4.69) is 35.3 Å². The molecule has 0 radical (unpaired) electrons. The maximum absolute atomic E-state index is 5.72. The van der Waals surface area contributed by atoms with Crippen LogP contribution in [-0.2, 0) is 4.74 Å². The molecule has 1 N–H and O–H groups in total. The third-order valence-corrected chi connectivity index (χ3v) is 3.32. The molecule has 3 heteroatoms. The highest BCUT2D eigenvalue weighted by Crippen LogP contribution is 2.28. The summed E-state index contributed by atoms with van der Waals surface area (Å²) < 4.78 is 10.9. The monoisotopic (exact) mass is 239 g/mol. The van der Waals surface area contributed by atoms with Crippen molar-refractivity contribution in [2.24, 2.45) is 0 Å². The van der Waals surface area contributed by atoms with Crippen LogP contribution in [0.4, 0.5) is 0 Å². The SMILES string of the molecule is c1ccc2c(c1)[nH]c1ccc(OC[C@@H]3CO3)cc12. The van der Waals surface area contributed by atoms with E-state index in [0.29, 0.717) is 12.7 Å². The van der Waals surface area contributed by atoms with Crippen LogP contribution in [0.15, 0.2) is 42.5 Å². The summed E-state index contributed by atoms with van der Waals surface area (Å²) in [5.41, 5.74) is 2.31. The van der Waals surface area contributed by atoms with Crippen LogP contribution in [0.2, 0.25) is 0 Å². The van der Waals surface area contributed by atoms with Crippen molar-refractivity contribution in [1.82, 2.24) is 4.98 Å². The number of hydrogen-bond donors (Lipinski definition) is 1. The number of fused-ring (bicyclic) bond motifs is 3. The number of epoxide rings is 1. The Bertz CT molecular complexity index is 713. The molecule has 1 aromatic heterocycles. The van der Waals surface area contributed by atoms with Crippen molar-refractivity contribution in [2.45, 2.75) is 6.10 Å². The minimum absolute atomic E-state index is 0.295.